The van der Waals surface area contributed by atoms with Gasteiger partial charge in [0.05, 0.1) is 32.8 Å². The van der Waals surface area contributed by atoms with Gasteiger partial charge in [0.15, 0.2) is 11.5 Å². The Hall–Kier alpha value is -2.63. The largest absolute Gasteiger partial charge is 0.493 e. The Bertz CT molecular complexity index is 880. The molecule has 30 heavy (non-hydrogen) atoms. The van der Waals surface area contributed by atoms with Crippen LogP contribution in [0.5, 0.6) is 11.5 Å². The second-order valence-electron chi connectivity index (χ2n) is 8.07. The Balaban J connectivity index is 1.54. The molecular formula is C24H31NO5. The van der Waals surface area contributed by atoms with Crippen molar-refractivity contribution < 1.29 is 23.5 Å². The van der Waals surface area contributed by atoms with Crippen LogP contribution in [-0.2, 0) is 16.0 Å². The van der Waals surface area contributed by atoms with E-state index in [9.17, 15) is 9.59 Å². The first kappa shape index (κ1) is 22.1. The molecule has 3 rings (SSSR count). The summed E-state index contributed by atoms with van der Waals surface area (Å²) >= 11 is 0. The Labute approximate surface area is 178 Å². The lowest BCUT2D eigenvalue weighted by Gasteiger charge is -2.07. The van der Waals surface area contributed by atoms with Crippen molar-refractivity contribution in [1.82, 2.24) is 4.98 Å². The molecule has 0 N–H and O–H groups in total. The first-order valence-corrected chi connectivity index (χ1v) is 10.7. The van der Waals surface area contributed by atoms with Gasteiger partial charge in [-0.25, -0.2) is 4.98 Å². The van der Waals surface area contributed by atoms with Crippen molar-refractivity contribution in [2.24, 2.45) is 5.92 Å². The molecule has 0 unspecified atom stereocenters. The van der Waals surface area contributed by atoms with Crippen molar-refractivity contribution in [2.45, 2.75) is 64.7 Å². The highest BCUT2D eigenvalue weighted by Gasteiger charge is 2.19. The van der Waals surface area contributed by atoms with Gasteiger partial charge in [-0.15, -0.1) is 0 Å². The smallest absolute Gasteiger partial charge is 0.226 e. The maximum Gasteiger partial charge on any atom is 0.226 e. The molecule has 0 atom stereocenters. The molecule has 0 aliphatic heterocycles. The molecule has 1 heterocycles. The van der Waals surface area contributed by atoms with Gasteiger partial charge in [0.2, 0.25) is 5.89 Å². The number of carbonyl (C=O) groups is 2. The zero-order valence-electron chi connectivity index (χ0n) is 18.2. The van der Waals surface area contributed by atoms with Gasteiger partial charge in [0, 0.05) is 12.0 Å². The van der Waals surface area contributed by atoms with Gasteiger partial charge in [0.1, 0.15) is 17.3 Å². The Morgan fingerprint density at radius 3 is 2.53 bits per heavy atom. The van der Waals surface area contributed by atoms with Crippen LogP contribution in [0.15, 0.2) is 22.6 Å². The van der Waals surface area contributed by atoms with Gasteiger partial charge in [-0.3, -0.25) is 9.59 Å². The summed E-state index contributed by atoms with van der Waals surface area (Å²) in [5.74, 6) is 2.88. The van der Waals surface area contributed by atoms with Crippen LogP contribution in [0.25, 0.3) is 11.5 Å². The van der Waals surface area contributed by atoms with Crippen molar-refractivity contribution in [1.29, 1.82) is 0 Å². The van der Waals surface area contributed by atoms with Gasteiger partial charge in [-0.2, -0.15) is 0 Å². The number of nitrogens with zero attached hydrogens (tertiary/aromatic N) is 1. The summed E-state index contributed by atoms with van der Waals surface area (Å²) in [5, 5.41) is 0. The van der Waals surface area contributed by atoms with E-state index in [2.05, 4.69) is 4.98 Å². The number of oxazole rings is 1. The van der Waals surface area contributed by atoms with Gasteiger partial charge in [-0.1, -0.05) is 32.1 Å². The highest BCUT2D eigenvalue weighted by atomic mass is 16.5. The predicted molar refractivity (Wildman–Crippen MR) is 114 cm³/mol. The zero-order valence-corrected chi connectivity index (χ0v) is 18.2. The van der Waals surface area contributed by atoms with E-state index in [1.807, 2.05) is 6.07 Å². The molecule has 1 fully saturated rings. The summed E-state index contributed by atoms with van der Waals surface area (Å²) < 4.78 is 16.3. The second kappa shape index (κ2) is 10.4. The van der Waals surface area contributed by atoms with Gasteiger partial charge in [-0.05, 0) is 37.5 Å². The van der Waals surface area contributed by atoms with Crippen LogP contribution in [0, 0.1) is 12.8 Å². The first-order chi connectivity index (χ1) is 14.5. The number of ketones is 2. The molecule has 0 bridgehead atoms. The number of hydrogen-bond donors (Lipinski definition) is 0. The number of rotatable bonds is 11. The van der Waals surface area contributed by atoms with Crippen molar-refractivity contribution >= 4 is 11.6 Å². The minimum atomic E-state index is -0.115. The predicted octanol–water partition coefficient (Wildman–Crippen LogP) is 5.10. The molecule has 0 spiro atoms. The summed E-state index contributed by atoms with van der Waals surface area (Å²) in [5.41, 5.74) is 1.31. The van der Waals surface area contributed by atoms with Crippen LogP contribution in [0.3, 0.4) is 0 Å². The van der Waals surface area contributed by atoms with Crippen LogP contribution < -0.4 is 9.47 Å². The van der Waals surface area contributed by atoms with E-state index in [1.54, 1.807) is 33.3 Å². The number of benzene rings is 1. The summed E-state index contributed by atoms with van der Waals surface area (Å²) in [7, 11) is 3.14. The lowest BCUT2D eigenvalue weighted by Crippen LogP contribution is -2.11. The van der Waals surface area contributed by atoms with Gasteiger partial charge in [0.25, 0.3) is 0 Å². The summed E-state index contributed by atoms with van der Waals surface area (Å²) in [6.07, 6.45) is 7.80. The number of ether oxygens (including phenoxy) is 2. The molecule has 0 amide bonds. The quantitative estimate of drug-likeness (QED) is 0.477. The lowest BCUT2D eigenvalue weighted by molar-refractivity contribution is -0.126. The highest BCUT2D eigenvalue weighted by Crippen LogP contribution is 2.33. The molecule has 1 saturated carbocycles. The maximum absolute atomic E-state index is 12.4. The third-order valence-corrected chi connectivity index (χ3v) is 5.82. The van der Waals surface area contributed by atoms with Crippen molar-refractivity contribution in [3.8, 4) is 23.0 Å². The zero-order chi connectivity index (χ0) is 21.5. The van der Waals surface area contributed by atoms with Crippen LogP contribution in [-0.4, -0.2) is 30.8 Å². The number of methoxy groups -OCH3 is 2. The molecule has 2 aromatic rings. The third-order valence-electron chi connectivity index (χ3n) is 5.82. The molecule has 0 saturated heterocycles. The number of hydrogen-bond acceptors (Lipinski definition) is 6. The fourth-order valence-corrected chi connectivity index (χ4v) is 4.13. The first-order valence-electron chi connectivity index (χ1n) is 10.7. The molecule has 6 nitrogen and oxygen atoms in total. The standard InChI is InChI=1S/C24H31NO5/c1-16-21(15-20(27)14-19(26)10-6-9-17-7-4-5-8-17)25-24(30-16)18-11-12-22(28-2)23(13-18)29-3/h11-13,17H,4-10,14-15H2,1-3H3. The van der Waals surface area contributed by atoms with E-state index >= 15 is 0 Å². The molecule has 1 aromatic carbocycles. The van der Waals surface area contributed by atoms with Gasteiger partial charge >= 0.3 is 0 Å². The summed E-state index contributed by atoms with van der Waals surface area (Å²) in [4.78, 5) is 29.0. The highest BCUT2D eigenvalue weighted by molar-refractivity contribution is 5.99. The minimum absolute atomic E-state index is 0.0251. The Kier molecular flexibility index (Phi) is 7.66. The van der Waals surface area contributed by atoms with Crippen LogP contribution in [0.1, 0.15) is 62.8 Å². The van der Waals surface area contributed by atoms with E-state index in [1.165, 1.54) is 25.7 Å². The number of aromatic nitrogens is 1. The van der Waals surface area contributed by atoms with Crippen molar-refractivity contribution in [3.05, 3.63) is 29.7 Å². The molecule has 0 radical (unpaired) electrons. The molecule has 162 valence electrons. The van der Waals surface area contributed by atoms with E-state index in [0.717, 1.165) is 24.3 Å². The summed E-state index contributed by atoms with van der Waals surface area (Å²) in [6, 6.07) is 5.39. The third kappa shape index (κ3) is 5.71. The Morgan fingerprint density at radius 1 is 1.10 bits per heavy atom. The SMILES string of the molecule is COc1ccc(-c2nc(CC(=O)CC(=O)CCCC3CCCC3)c(C)o2)cc1OC. The lowest BCUT2D eigenvalue weighted by atomic mass is 9.98. The normalized spacial score (nSPS) is 14.1. The summed E-state index contributed by atoms with van der Waals surface area (Å²) in [6.45, 7) is 1.78. The minimum Gasteiger partial charge on any atom is -0.493 e. The Morgan fingerprint density at radius 2 is 1.83 bits per heavy atom. The van der Waals surface area contributed by atoms with Crippen molar-refractivity contribution in [2.75, 3.05) is 14.2 Å². The number of carbonyl (C=O) groups excluding carboxylic acids is 2. The van der Waals surface area contributed by atoms with Crippen LogP contribution >= 0.6 is 0 Å². The molecule has 1 aliphatic rings. The monoisotopic (exact) mass is 413 g/mol. The van der Waals surface area contributed by atoms with Crippen molar-refractivity contribution in [3.63, 3.8) is 0 Å². The fraction of sp³-hybridized carbons (Fsp3) is 0.542. The van der Waals surface area contributed by atoms with E-state index in [0.29, 0.717) is 35.3 Å². The van der Waals surface area contributed by atoms with E-state index in [-0.39, 0.29) is 24.4 Å². The average molecular weight is 414 g/mol. The van der Waals surface area contributed by atoms with Crippen LogP contribution in [0.4, 0.5) is 0 Å². The number of aryl methyl sites for hydroxylation is 1. The maximum atomic E-state index is 12.4. The van der Waals surface area contributed by atoms with Crippen LogP contribution in [0.2, 0.25) is 0 Å². The molecule has 1 aliphatic carbocycles. The van der Waals surface area contributed by atoms with Gasteiger partial charge < -0.3 is 13.9 Å². The average Bonchev–Trinajstić information content (AvgIpc) is 3.37. The second-order valence-corrected chi connectivity index (χ2v) is 8.07. The van der Waals surface area contributed by atoms with E-state index in [4.69, 9.17) is 13.9 Å². The molecule has 6 heteroatoms. The molecule has 1 aromatic heterocycles. The number of Topliss-reactive ketones (excluding diaryl/α,β-unsaturated/α-hetero) is 2. The van der Waals surface area contributed by atoms with E-state index < -0.39 is 0 Å². The topological polar surface area (TPSA) is 78.6 Å². The molecular weight excluding hydrogens is 382 g/mol. The fourth-order valence-electron chi connectivity index (χ4n) is 4.13.